The average molecular weight is 343 g/mol. The molecule has 1 rings (SSSR count). The standard InChI is InChI=1S/C12H33N9.K/c13-10(14)1-4-19-7-20(5-2-11(15)16)9-21(8-19)6-3-12(17)18;/h10-12H,1-9,13-18H2;. The van der Waals surface area contributed by atoms with Crippen molar-refractivity contribution in [1.29, 1.82) is 0 Å². The third kappa shape index (κ3) is 10.9. The molecule has 22 heavy (non-hydrogen) atoms. The molecule has 127 valence electrons. The molecule has 0 amide bonds. The van der Waals surface area contributed by atoms with Gasteiger partial charge in [0.1, 0.15) is 0 Å². The van der Waals surface area contributed by atoms with Gasteiger partial charge in [0.05, 0.1) is 38.5 Å². The molecule has 0 aliphatic carbocycles. The van der Waals surface area contributed by atoms with Crippen molar-refractivity contribution in [3.63, 3.8) is 0 Å². The molecule has 0 aromatic heterocycles. The van der Waals surface area contributed by atoms with Gasteiger partial charge in [-0.25, -0.2) is 0 Å². The van der Waals surface area contributed by atoms with Gasteiger partial charge in [-0.15, -0.1) is 0 Å². The largest absolute Gasteiger partial charge is 0.316 e. The van der Waals surface area contributed by atoms with Crippen LogP contribution < -0.4 is 34.4 Å². The molecule has 1 radical (unpaired) electrons. The van der Waals surface area contributed by atoms with Crippen LogP contribution in [0.3, 0.4) is 0 Å². The molecule has 0 aromatic carbocycles. The van der Waals surface area contributed by atoms with E-state index in [4.69, 9.17) is 34.4 Å². The van der Waals surface area contributed by atoms with Gasteiger partial charge >= 0.3 is 0 Å². The molecular formula is C12H33KN9. The molecule has 12 N–H and O–H groups in total. The topological polar surface area (TPSA) is 166 Å². The summed E-state index contributed by atoms with van der Waals surface area (Å²) in [6.07, 6.45) is 1.49. The quantitative estimate of drug-likeness (QED) is 0.182. The van der Waals surface area contributed by atoms with Crippen LogP contribution in [0.1, 0.15) is 19.3 Å². The zero-order valence-electron chi connectivity index (χ0n) is 13.9. The van der Waals surface area contributed by atoms with Crippen LogP contribution in [-0.4, -0.2) is 124 Å². The number of hydrogen-bond acceptors (Lipinski definition) is 9. The van der Waals surface area contributed by atoms with Crippen LogP contribution >= 0.6 is 0 Å². The minimum absolute atomic E-state index is 0. The molecule has 1 aliphatic heterocycles. The third-order valence-electron chi connectivity index (χ3n) is 3.54. The Morgan fingerprint density at radius 1 is 0.545 bits per heavy atom. The normalized spacial score (nSPS) is 18.4. The van der Waals surface area contributed by atoms with Crippen molar-refractivity contribution in [3.05, 3.63) is 0 Å². The maximum Gasteiger partial charge on any atom is 0.0533 e. The maximum atomic E-state index is 5.63. The summed E-state index contributed by atoms with van der Waals surface area (Å²) < 4.78 is 0. The molecule has 1 aliphatic rings. The Morgan fingerprint density at radius 2 is 0.773 bits per heavy atom. The second kappa shape index (κ2) is 12.6. The molecule has 0 bridgehead atoms. The predicted octanol–water partition coefficient (Wildman–Crippen LogP) is -3.70. The number of hydrogen-bond donors (Lipinski definition) is 6. The van der Waals surface area contributed by atoms with Crippen molar-refractivity contribution in [2.24, 2.45) is 34.4 Å². The molecule has 1 saturated heterocycles. The fraction of sp³-hybridized carbons (Fsp3) is 1.00. The van der Waals surface area contributed by atoms with Crippen molar-refractivity contribution in [2.75, 3.05) is 39.6 Å². The van der Waals surface area contributed by atoms with Crippen molar-refractivity contribution < 1.29 is 0 Å². The number of rotatable bonds is 9. The maximum absolute atomic E-state index is 5.63. The molecule has 0 saturated carbocycles. The summed E-state index contributed by atoms with van der Waals surface area (Å²) in [5, 5.41) is 0. The van der Waals surface area contributed by atoms with E-state index in [0.717, 1.165) is 58.9 Å². The second-order valence-corrected chi connectivity index (χ2v) is 5.97. The molecule has 0 unspecified atom stereocenters. The molecule has 0 atom stereocenters. The summed E-state index contributed by atoms with van der Waals surface area (Å²) in [7, 11) is 0. The first kappa shape index (κ1) is 23.3. The summed E-state index contributed by atoms with van der Waals surface area (Å²) in [4.78, 5) is 6.96. The van der Waals surface area contributed by atoms with E-state index in [1.807, 2.05) is 0 Å². The van der Waals surface area contributed by atoms with E-state index in [-0.39, 0.29) is 69.9 Å². The Hall–Kier alpha value is 1.28. The van der Waals surface area contributed by atoms with Gasteiger partial charge in [0.2, 0.25) is 0 Å². The molecule has 0 spiro atoms. The van der Waals surface area contributed by atoms with Gasteiger partial charge in [0.15, 0.2) is 0 Å². The van der Waals surface area contributed by atoms with Crippen molar-refractivity contribution in [2.45, 2.75) is 37.8 Å². The summed E-state index contributed by atoms with van der Waals surface area (Å²) in [6.45, 7) is 5.25. The van der Waals surface area contributed by atoms with Crippen LogP contribution in [0.15, 0.2) is 0 Å². The van der Waals surface area contributed by atoms with Gasteiger partial charge in [0, 0.05) is 71.0 Å². The first-order valence-corrected chi connectivity index (χ1v) is 7.57. The first-order chi connectivity index (χ1) is 9.86. The zero-order chi connectivity index (χ0) is 15.8. The summed E-state index contributed by atoms with van der Waals surface area (Å²) in [5.74, 6) is 0. The van der Waals surface area contributed by atoms with Gasteiger partial charge in [-0.2, -0.15) is 0 Å². The van der Waals surface area contributed by atoms with E-state index in [0.29, 0.717) is 0 Å². The average Bonchev–Trinajstić information content (AvgIpc) is 2.40. The number of nitrogens with two attached hydrogens (primary N) is 6. The van der Waals surface area contributed by atoms with Gasteiger partial charge < -0.3 is 34.4 Å². The first-order valence-electron chi connectivity index (χ1n) is 7.57. The van der Waals surface area contributed by atoms with Crippen molar-refractivity contribution >= 4 is 51.4 Å². The summed E-state index contributed by atoms with van der Waals surface area (Å²) in [5.41, 5.74) is 33.8. The van der Waals surface area contributed by atoms with Crippen LogP contribution in [0.5, 0.6) is 0 Å². The van der Waals surface area contributed by atoms with Gasteiger partial charge in [-0.1, -0.05) is 0 Å². The van der Waals surface area contributed by atoms with E-state index >= 15 is 0 Å². The fourth-order valence-corrected chi connectivity index (χ4v) is 2.40. The zero-order valence-corrected chi connectivity index (χ0v) is 17.0. The van der Waals surface area contributed by atoms with E-state index in [9.17, 15) is 0 Å². The van der Waals surface area contributed by atoms with Gasteiger partial charge in [-0.05, 0) is 19.3 Å². The van der Waals surface area contributed by atoms with E-state index in [1.54, 1.807) is 0 Å². The van der Waals surface area contributed by atoms with Gasteiger partial charge in [-0.3, -0.25) is 14.7 Å². The molecule has 0 aromatic rings. The van der Waals surface area contributed by atoms with Crippen LogP contribution in [0.4, 0.5) is 0 Å². The van der Waals surface area contributed by atoms with E-state index < -0.39 is 0 Å². The van der Waals surface area contributed by atoms with E-state index in [2.05, 4.69) is 14.7 Å². The van der Waals surface area contributed by atoms with Crippen LogP contribution in [-0.2, 0) is 0 Å². The van der Waals surface area contributed by atoms with Crippen LogP contribution in [0.2, 0.25) is 0 Å². The third-order valence-corrected chi connectivity index (χ3v) is 3.54. The Balaban J connectivity index is 0.00000441. The van der Waals surface area contributed by atoms with Crippen molar-refractivity contribution in [1.82, 2.24) is 14.7 Å². The minimum atomic E-state index is -0.274. The molecule has 1 fully saturated rings. The Morgan fingerprint density at radius 3 is 0.955 bits per heavy atom. The smallest absolute Gasteiger partial charge is 0.0533 e. The predicted molar refractivity (Wildman–Crippen MR) is 90.8 cm³/mol. The molecule has 1 heterocycles. The van der Waals surface area contributed by atoms with Gasteiger partial charge in [0.25, 0.3) is 0 Å². The molecular weight excluding hydrogens is 309 g/mol. The summed E-state index contributed by atoms with van der Waals surface area (Å²) >= 11 is 0. The minimum Gasteiger partial charge on any atom is -0.316 e. The molecule has 10 heteroatoms. The second-order valence-electron chi connectivity index (χ2n) is 5.97. The van der Waals surface area contributed by atoms with Crippen LogP contribution in [0.25, 0.3) is 0 Å². The van der Waals surface area contributed by atoms with Crippen LogP contribution in [0, 0.1) is 0 Å². The number of nitrogens with zero attached hydrogens (tertiary/aromatic N) is 3. The Kier molecular flexibility index (Phi) is 13.3. The fourth-order valence-electron chi connectivity index (χ4n) is 2.40. The Bertz CT molecular complexity index is 229. The van der Waals surface area contributed by atoms with E-state index in [1.165, 1.54) is 0 Å². The Labute approximate surface area is 176 Å². The summed E-state index contributed by atoms with van der Waals surface area (Å²) in [6, 6.07) is 0. The molecule has 9 nitrogen and oxygen atoms in total. The van der Waals surface area contributed by atoms with Crippen molar-refractivity contribution in [3.8, 4) is 0 Å². The monoisotopic (exact) mass is 342 g/mol. The SMILES string of the molecule is NC(N)CCN1CN(CCC(N)N)CN(CCC(N)N)C1.[K].